The van der Waals surface area contributed by atoms with E-state index in [0.717, 1.165) is 43.5 Å². The molecule has 100 valence electrons. The summed E-state index contributed by atoms with van der Waals surface area (Å²) < 4.78 is 0. The number of carbonyl (C=O) groups excluding carboxylic acids is 1. The number of rotatable bonds is 1. The lowest BCUT2D eigenvalue weighted by atomic mass is 9.91. The second-order valence-corrected chi connectivity index (χ2v) is 5.48. The number of nitrogens with two attached hydrogens (primary N) is 1. The number of carbonyl (C=O) groups is 1. The Morgan fingerprint density at radius 1 is 1.32 bits per heavy atom. The fraction of sp³-hybridized carbons (Fsp3) is 0.438. The molecule has 3 nitrogen and oxygen atoms in total. The van der Waals surface area contributed by atoms with E-state index in [0.29, 0.717) is 12.5 Å². The average molecular weight is 256 g/mol. The third-order valence-corrected chi connectivity index (χ3v) is 4.24. The van der Waals surface area contributed by atoms with Crippen molar-refractivity contribution in [2.24, 2.45) is 5.92 Å². The van der Waals surface area contributed by atoms with Crippen LogP contribution < -0.4 is 5.73 Å². The number of nitrogen functional groups attached to an aromatic ring is 1. The van der Waals surface area contributed by atoms with Gasteiger partial charge in [0.2, 0.25) is 5.91 Å². The van der Waals surface area contributed by atoms with Gasteiger partial charge in [-0.1, -0.05) is 24.3 Å². The van der Waals surface area contributed by atoms with Crippen molar-refractivity contribution in [2.75, 3.05) is 12.3 Å². The number of hydrogen-bond acceptors (Lipinski definition) is 2. The van der Waals surface area contributed by atoms with E-state index in [1.54, 1.807) is 0 Å². The minimum absolute atomic E-state index is 0.177. The first-order valence-electron chi connectivity index (χ1n) is 7.05. The quantitative estimate of drug-likeness (QED) is 0.620. The van der Waals surface area contributed by atoms with Gasteiger partial charge in [0.1, 0.15) is 0 Å². The third kappa shape index (κ3) is 2.37. The summed E-state index contributed by atoms with van der Waals surface area (Å²) in [6.45, 7) is 1.51. The maximum absolute atomic E-state index is 12.5. The number of benzene rings is 1. The van der Waals surface area contributed by atoms with E-state index in [4.69, 9.17) is 5.73 Å². The molecule has 0 aromatic heterocycles. The number of nitrogens with zero attached hydrogens (tertiary/aromatic N) is 1. The highest BCUT2D eigenvalue weighted by atomic mass is 16.2. The van der Waals surface area contributed by atoms with Crippen LogP contribution in [0.15, 0.2) is 30.4 Å². The molecule has 2 aliphatic rings. The summed E-state index contributed by atoms with van der Waals surface area (Å²) in [5.74, 6) is 0.481. The molecule has 0 spiro atoms. The molecule has 1 aromatic carbocycles. The Morgan fingerprint density at radius 2 is 2.21 bits per heavy atom. The first-order valence-corrected chi connectivity index (χ1v) is 7.05. The van der Waals surface area contributed by atoms with Gasteiger partial charge in [0, 0.05) is 24.7 Å². The molecular formula is C16H20N2O. The normalized spacial score (nSPS) is 22.1. The summed E-state index contributed by atoms with van der Waals surface area (Å²) in [5, 5.41) is 0. The SMILES string of the molecule is Nc1cccc2c1CN(C(=O)C1CC=CCC1)CC2. The lowest BCUT2D eigenvalue weighted by Crippen LogP contribution is -2.40. The molecule has 0 bridgehead atoms. The molecule has 0 radical (unpaired) electrons. The topological polar surface area (TPSA) is 46.3 Å². The van der Waals surface area contributed by atoms with Crippen LogP contribution in [-0.4, -0.2) is 17.4 Å². The maximum atomic E-state index is 12.5. The molecule has 1 aliphatic heterocycles. The Kier molecular flexibility index (Phi) is 3.28. The molecule has 3 rings (SSSR count). The predicted octanol–water partition coefficient (Wildman–Crippen LogP) is 2.51. The van der Waals surface area contributed by atoms with Crippen LogP contribution >= 0.6 is 0 Å². The van der Waals surface area contributed by atoms with Gasteiger partial charge in [-0.3, -0.25) is 4.79 Å². The Labute approximate surface area is 114 Å². The van der Waals surface area contributed by atoms with Crippen molar-refractivity contribution >= 4 is 11.6 Å². The number of anilines is 1. The molecule has 0 fully saturated rings. The Bertz CT molecular complexity index is 521. The first kappa shape index (κ1) is 12.3. The Hall–Kier alpha value is -1.77. The standard InChI is InChI=1S/C16H20N2O/c17-15-8-4-7-12-9-10-18(11-14(12)15)16(19)13-5-2-1-3-6-13/h1-2,4,7-8,13H,3,5-6,9-11,17H2. The molecular weight excluding hydrogens is 236 g/mol. The summed E-state index contributed by atoms with van der Waals surface area (Å²) in [4.78, 5) is 14.5. The van der Waals surface area contributed by atoms with Gasteiger partial charge in [0.05, 0.1) is 0 Å². The minimum atomic E-state index is 0.177. The highest BCUT2D eigenvalue weighted by molar-refractivity contribution is 5.79. The molecule has 1 unspecified atom stereocenters. The van der Waals surface area contributed by atoms with Gasteiger partial charge in [-0.15, -0.1) is 0 Å². The molecule has 0 saturated heterocycles. The highest BCUT2D eigenvalue weighted by Gasteiger charge is 2.27. The van der Waals surface area contributed by atoms with Crippen molar-refractivity contribution in [1.29, 1.82) is 0 Å². The Morgan fingerprint density at radius 3 is 3.00 bits per heavy atom. The van der Waals surface area contributed by atoms with Crippen LogP contribution in [0.25, 0.3) is 0 Å². The number of amides is 1. The molecule has 1 atom stereocenters. The van der Waals surface area contributed by atoms with Gasteiger partial charge >= 0.3 is 0 Å². The highest BCUT2D eigenvalue weighted by Crippen LogP contribution is 2.27. The third-order valence-electron chi connectivity index (χ3n) is 4.24. The van der Waals surface area contributed by atoms with Crippen molar-refractivity contribution < 1.29 is 4.79 Å². The summed E-state index contributed by atoms with van der Waals surface area (Å²) in [6.07, 6.45) is 8.15. The Balaban J connectivity index is 1.76. The molecule has 3 heteroatoms. The van der Waals surface area contributed by atoms with Crippen molar-refractivity contribution in [3.05, 3.63) is 41.5 Å². The van der Waals surface area contributed by atoms with Crippen molar-refractivity contribution in [2.45, 2.75) is 32.2 Å². The summed E-state index contributed by atoms with van der Waals surface area (Å²) in [7, 11) is 0. The molecule has 1 aromatic rings. The largest absolute Gasteiger partial charge is 0.398 e. The average Bonchev–Trinajstić information content (AvgIpc) is 2.47. The van der Waals surface area contributed by atoms with Crippen LogP contribution in [0.4, 0.5) is 5.69 Å². The van der Waals surface area contributed by atoms with Gasteiger partial charge in [0.25, 0.3) is 0 Å². The zero-order valence-corrected chi connectivity index (χ0v) is 11.1. The van der Waals surface area contributed by atoms with Gasteiger partial charge in [-0.25, -0.2) is 0 Å². The van der Waals surface area contributed by atoms with Gasteiger partial charge < -0.3 is 10.6 Å². The van der Waals surface area contributed by atoms with E-state index >= 15 is 0 Å². The van der Waals surface area contributed by atoms with Crippen molar-refractivity contribution in [3.8, 4) is 0 Å². The molecule has 1 aliphatic carbocycles. The summed E-state index contributed by atoms with van der Waals surface area (Å²) in [6, 6.07) is 6.05. The maximum Gasteiger partial charge on any atom is 0.226 e. The fourth-order valence-electron chi connectivity index (χ4n) is 3.07. The monoisotopic (exact) mass is 256 g/mol. The molecule has 0 saturated carbocycles. The number of hydrogen-bond donors (Lipinski definition) is 1. The van der Waals surface area contributed by atoms with E-state index in [1.807, 2.05) is 17.0 Å². The van der Waals surface area contributed by atoms with Crippen LogP contribution in [0.5, 0.6) is 0 Å². The van der Waals surface area contributed by atoms with Crippen LogP contribution in [0.2, 0.25) is 0 Å². The molecule has 2 N–H and O–H groups in total. The minimum Gasteiger partial charge on any atom is -0.398 e. The van der Waals surface area contributed by atoms with Crippen molar-refractivity contribution in [3.63, 3.8) is 0 Å². The lowest BCUT2D eigenvalue weighted by Gasteiger charge is -2.32. The summed E-state index contributed by atoms with van der Waals surface area (Å²) in [5.41, 5.74) is 9.30. The summed E-state index contributed by atoms with van der Waals surface area (Å²) >= 11 is 0. The smallest absolute Gasteiger partial charge is 0.226 e. The van der Waals surface area contributed by atoms with E-state index in [1.165, 1.54) is 5.56 Å². The zero-order valence-electron chi connectivity index (χ0n) is 11.1. The van der Waals surface area contributed by atoms with Gasteiger partial charge in [0.15, 0.2) is 0 Å². The fourth-order valence-corrected chi connectivity index (χ4v) is 3.07. The number of fused-ring (bicyclic) bond motifs is 1. The van der Waals surface area contributed by atoms with E-state index in [9.17, 15) is 4.79 Å². The second-order valence-electron chi connectivity index (χ2n) is 5.48. The molecule has 1 amide bonds. The van der Waals surface area contributed by atoms with E-state index in [2.05, 4.69) is 18.2 Å². The van der Waals surface area contributed by atoms with Crippen LogP contribution in [0, 0.1) is 5.92 Å². The van der Waals surface area contributed by atoms with Crippen LogP contribution in [0.3, 0.4) is 0 Å². The van der Waals surface area contributed by atoms with Crippen molar-refractivity contribution in [1.82, 2.24) is 4.90 Å². The van der Waals surface area contributed by atoms with E-state index < -0.39 is 0 Å². The predicted molar refractivity (Wildman–Crippen MR) is 76.5 cm³/mol. The van der Waals surface area contributed by atoms with Crippen LogP contribution in [-0.2, 0) is 17.8 Å². The zero-order chi connectivity index (χ0) is 13.2. The number of allylic oxidation sites excluding steroid dienone is 2. The lowest BCUT2D eigenvalue weighted by molar-refractivity contribution is -0.136. The molecule has 1 heterocycles. The van der Waals surface area contributed by atoms with E-state index in [-0.39, 0.29) is 5.92 Å². The van der Waals surface area contributed by atoms with Gasteiger partial charge in [-0.2, -0.15) is 0 Å². The molecule has 19 heavy (non-hydrogen) atoms. The second kappa shape index (κ2) is 5.08. The van der Waals surface area contributed by atoms with Crippen LogP contribution in [0.1, 0.15) is 30.4 Å². The first-order chi connectivity index (χ1) is 9.25. The van der Waals surface area contributed by atoms with Gasteiger partial charge in [-0.05, 0) is 42.9 Å².